The van der Waals surface area contributed by atoms with E-state index < -0.39 is 0 Å². The molecule has 6 heteroatoms. The molecule has 0 unspecified atom stereocenters. The summed E-state index contributed by atoms with van der Waals surface area (Å²) in [7, 11) is 0. The van der Waals surface area contributed by atoms with Crippen molar-refractivity contribution >= 4 is 65.4 Å². The number of para-hydroxylation sites is 5. The van der Waals surface area contributed by atoms with Crippen molar-refractivity contribution in [3.05, 3.63) is 267 Å². The van der Waals surface area contributed by atoms with Crippen molar-refractivity contribution in [2.45, 2.75) is 0 Å². The van der Waals surface area contributed by atoms with Crippen molar-refractivity contribution in [2.75, 3.05) is 0 Å². The van der Waals surface area contributed by atoms with Crippen molar-refractivity contribution in [2.24, 2.45) is 0 Å². The van der Waals surface area contributed by atoms with Crippen LogP contribution in [0, 0.1) is 0 Å². The van der Waals surface area contributed by atoms with Crippen LogP contribution in [0.25, 0.3) is 139 Å². The van der Waals surface area contributed by atoms with Crippen molar-refractivity contribution in [1.82, 2.24) is 28.7 Å². The van der Waals surface area contributed by atoms with Gasteiger partial charge >= 0.3 is 0 Å². The quantitative estimate of drug-likeness (QED) is 0.152. The van der Waals surface area contributed by atoms with Gasteiger partial charge in [-0.2, -0.15) is 0 Å². The molecule has 0 N–H and O–H groups in total. The lowest BCUT2D eigenvalue weighted by Gasteiger charge is -2.17. The van der Waals surface area contributed by atoms with E-state index in [0.717, 1.165) is 88.8 Å². The minimum Gasteiger partial charge on any atom is -0.309 e. The normalized spacial score (nSPS) is 11.7. The summed E-state index contributed by atoms with van der Waals surface area (Å²) in [6, 6.07) is 95.3. The van der Waals surface area contributed by atoms with E-state index >= 15 is 0 Å². The maximum absolute atomic E-state index is 5.40. The van der Waals surface area contributed by atoms with Crippen LogP contribution >= 0.6 is 0 Å². The Hall–Kier alpha value is -10.2. The molecule has 15 rings (SSSR count). The van der Waals surface area contributed by atoms with Gasteiger partial charge in [-0.25, -0.2) is 15.0 Å². The molecule has 15 aromatic rings. The fourth-order valence-corrected chi connectivity index (χ4v) is 11.6. The fraction of sp³-hybridized carbons (Fsp3) is 0. The molecule has 0 radical (unpaired) electrons. The van der Waals surface area contributed by atoms with Gasteiger partial charge < -0.3 is 13.7 Å². The molecular weight excluding hydrogens is 913 g/mol. The zero-order chi connectivity index (χ0) is 49.4. The summed E-state index contributed by atoms with van der Waals surface area (Å²) < 4.78 is 7.40. The summed E-state index contributed by atoms with van der Waals surface area (Å²) >= 11 is 0. The second kappa shape index (κ2) is 17.3. The molecule has 4 aromatic heterocycles. The minimum absolute atomic E-state index is 0.581. The number of aromatic nitrogens is 6. The number of nitrogens with zero attached hydrogens (tertiary/aromatic N) is 6. The Labute approximate surface area is 432 Å². The molecule has 6 nitrogen and oxygen atoms in total. The zero-order valence-electron chi connectivity index (χ0n) is 40.6. The van der Waals surface area contributed by atoms with Gasteiger partial charge in [0.05, 0.1) is 50.2 Å². The number of fused-ring (bicyclic) bond motifs is 9. The monoisotopic (exact) mass is 956 g/mol. The molecule has 0 aliphatic heterocycles. The predicted molar refractivity (Wildman–Crippen MR) is 310 cm³/mol. The predicted octanol–water partition coefficient (Wildman–Crippen LogP) is 17.5. The number of hydrogen-bond donors (Lipinski definition) is 0. The van der Waals surface area contributed by atoms with Gasteiger partial charge in [0.1, 0.15) is 0 Å². The van der Waals surface area contributed by atoms with Crippen LogP contribution in [0.15, 0.2) is 267 Å². The maximum atomic E-state index is 5.40. The van der Waals surface area contributed by atoms with Gasteiger partial charge in [-0.3, -0.25) is 0 Å². The highest BCUT2D eigenvalue weighted by Gasteiger charge is 2.26. The van der Waals surface area contributed by atoms with E-state index in [1.54, 1.807) is 0 Å². The van der Waals surface area contributed by atoms with E-state index in [1.165, 1.54) is 32.7 Å². The van der Waals surface area contributed by atoms with Crippen LogP contribution in [0.2, 0.25) is 0 Å². The van der Waals surface area contributed by atoms with Crippen LogP contribution in [0.5, 0.6) is 0 Å². The van der Waals surface area contributed by atoms with Gasteiger partial charge in [0, 0.05) is 49.0 Å². The first-order valence-electron chi connectivity index (χ1n) is 25.4. The van der Waals surface area contributed by atoms with Crippen molar-refractivity contribution < 1.29 is 0 Å². The standard InChI is InChI=1S/C69H44N6/c1-4-20-45(21-5-1)47-38-40-49(41-39-47)68-70-67(48-24-8-3-9-25-48)71-69(72-68)55-29-13-17-34-60(55)75-62-36-19-35-61(74-59-33-16-12-28-53(59)54-43-42-50(44-64(54)74)46-22-6-2-7-23-46)65(62)56-30-18-37-63(66(56)75)73-57-31-14-10-26-51(57)52-27-11-15-32-58(52)73/h1-44H. The first-order chi connectivity index (χ1) is 37.2. The Morgan fingerprint density at radius 1 is 0.227 bits per heavy atom. The molecule has 11 aromatic carbocycles. The van der Waals surface area contributed by atoms with Gasteiger partial charge in [0.25, 0.3) is 0 Å². The first-order valence-corrected chi connectivity index (χ1v) is 25.4. The summed E-state index contributed by atoms with van der Waals surface area (Å²) in [6.07, 6.45) is 0. The Kier molecular flexibility index (Phi) is 9.78. The lowest BCUT2D eigenvalue weighted by molar-refractivity contribution is 1.06. The van der Waals surface area contributed by atoms with Crippen molar-refractivity contribution in [1.29, 1.82) is 0 Å². The second-order valence-electron chi connectivity index (χ2n) is 19.1. The van der Waals surface area contributed by atoms with Gasteiger partial charge in [0.15, 0.2) is 17.5 Å². The molecule has 0 fully saturated rings. The largest absolute Gasteiger partial charge is 0.309 e. The van der Waals surface area contributed by atoms with Crippen LogP contribution in [-0.4, -0.2) is 28.7 Å². The molecular formula is C69H44N6. The molecule has 4 heterocycles. The van der Waals surface area contributed by atoms with Gasteiger partial charge in [0.2, 0.25) is 0 Å². The highest BCUT2D eigenvalue weighted by atomic mass is 15.1. The third-order valence-electron chi connectivity index (χ3n) is 14.9. The zero-order valence-corrected chi connectivity index (χ0v) is 40.6. The highest BCUT2D eigenvalue weighted by molar-refractivity contribution is 6.19. The van der Waals surface area contributed by atoms with Crippen molar-refractivity contribution in [3.63, 3.8) is 0 Å². The second-order valence-corrected chi connectivity index (χ2v) is 19.1. The molecule has 0 saturated heterocycles. The van der Waals surface area contributed by atoms with Crippen LogP contribution in [0.3, 0.4) is 0 Å². The fourth-order valence-electron chi connectivity index (χ4n) is 11.6. The molecule has 0 aliphatic rings. The van der Waals surface area contributed by atoms with Crippen LogP contribution < -0.4 is 0 Å². The lowest BCUT2D eigenvalue weighted by atomic mass is 10.0. The molecule has 0 saturated carbocycles. The smallest absolute Gasteiger partial charge is 0.166 e. The molecule has 0 bridgehead atoms. The number of rotatable bonds is 8. The van der Waals surface area contributed by atoms with E-state index in [1.807, 2.05) is 24.3 Å². The summed E-state index contributed by atoms with van der Waals surface area (Å²) in [5.41, 5.74) is 17.1. The summed E-state index contributed by atoms with van der Waals surface area (Å²) in [5, 5.41) is 7.08. The SMILES string of the molecule is c1ccc(-c2ccc(-c3nc(-c4ccccc4)nc(-c4ccccc4-n4c5cccc(-n6c7ccccc7c7ccc(-c8ccccc8)cc76)c5c5cccc(-n6c7ccccc7c7ccccc76)c54)n3)cc2)cc1. The van der Waals surface area contributed by atoms with E-state index in [-0.39, 0.29) is 0 Å². The first kappa shape index (κ1) is 42.5. The van der Waals surface area contributed by atoms with Gasteiger partial charge in [-0.15, -0.1) is 0 Å². The average Bonchev–Trinajstić information content (AvgIpc) is 4.14. The molecule has 75 heavy (non-hydrogen) atoms. The molecule has 0 atom stereocenters. The van der Waals surface area contributed by atoms with Crippen LogP contribution in [-0.2, 0) is 0 Å². The van der Waals surface area contributed by atoms with Crippen LogP contribution in [0.4, 0.5) is 0 Å². The number of benzene rings is 11. The Morgan fingerprint density at radius 2 is 0.627 bits per heavy atom. The Morgan fingerprint density at radius 3 is 1.27 bits per heavy atom. The maximum Gasteiger partial charge on any atom is 0.166 e. The molecule has 0 aliphatic carbocycles. The summed E-state index contributed by atoms with van der Waals surface area (Å²) in [5.74, 6) is 1.79. The molecule has 0 spiro atoms. The van der Waals surface area contributed by atoms with E-state index in [0.29, 0.717) is 17.5 Å². The minimum atomic E-state index is 0.581. The number of hydrogen-bond acceptors (Lipinski definition) is 3. The van der Waals surface area contributed by atoms with E-state index in [4.69, 9.17) is 15.0 Å². The third-order valence-corrected chi connectivity index (χ3v) is 14.9. The van der Waals surface area contributed by atoms with E-state index in [9.17, 15) is 0 Å². The highest BCUT2D eigenvalue weighted by Crippen LogP contribution is 2.45. The Balaban J connectivity index is 1.04. The molecule has 0 amide bonds. The Bertz CT molecular complexity index is 4630. The topological polar surface area (TPSA) is 53.5 Å². The van der Waals surface area contributed by atoms with Crippen LogP contribution in [0.1, 0.15) is 0 Å². The van der Waals surface area contributed by atoms with Gasteiger partial charge in [-0.05, 0) is 76.9 Å². The lowest BCUT2D eigenvalue weighted by Crippen LogP contribution is -2.05. The average molecular weight is 957 g/mol. The van der Waals surface area contributed by atoms with Crippen molar-refractivity contribution in [3.8, 4) is 73.5 Å². The summed E-state index contributed by atoms with van der Waals surface area (Å²) in [6.45, 7) is 0. The third kappa shape index (κ3) is 6.84. The summed E-state index contributed by atoms with van der Waals surface area (Å²) in [4.78, 5) is 15.9. The molecule has 350 valence electrons. The van der Waals surface area contributed by atoms with E-state index in [2.05, 4.69) is 256 Å². The van der Waals surface area contributed by atoms with Gasteiger partial charge in [-0.1, -0.05) is 212 Å².